The predicted octanol–water partition coefficient (Wildman–Crippen LogP) is 3.38. The molecule has 1 unspecified atom stereocenters. The van der Waals surface area contributed by atoms with Crippen LogP contribution in [0.1, 0.15) is 43.4 Å². The van der Waals surface area contributed by atoms with E-state index in [0.29, 0.717) is 12.5 Å². The number of carbonyl (C=O) groups is 1. The van der Waals surface area contributed by atoms with Gasteiger partial charge in [0, 0.05) is 22.3 Å². The molecule has 0 bridgehead atoms. The maximum Gasteiger partial charge on any atom is 0.310 e. The first kappa shape index (κ1) is 16.2. The summed E-state index contributed by atoms with van der Waals surface area (Å²) in [4.78, 5) is 13.5. The summed E-state index contributed by atoms with van der Waals surface area (Å²) in [6.45, 7) is 7.61. The largest absolute Gasteiger partial charge is 0.469 e. The number of thiophene rings is 1. The van der Waals surface area contributed by atoms with Gasteiger partial charge in [-0.15, -0.1) is 11.3 Å². The Labute approximate surface area is 120 Å². The summed E-state index contributed by atoms with van der Waals surface area (Å²) in [6.07, 6.45) is 2.80. The van der Waals surface area contributed by atoms with E-state index in [9.17, 15) is 4.79 Å². The van der Waals surface area contributed by atoms with E-state index in [4.69, 9.17) is 0 Å². The Hall–Kier alpha value is -0.870. The van der Waals surface area contributed by atoms with Gasteiger partial charge in [0.15, 0.2) is 0 Å². The second kappa shape index (κ2) is 8.33. The van der Waals surface area contributed by atoms with Gasteiger partial charge in [-0.25, -0.2) is 0 Å². The molecule has 1 aromatic heterocycles. The van der Waals surface area contributed by atoms with E-state index in [2.05, 4.69) is 36.9 Å². The predicted molar refractivity (Wildman–Crippen MR) is 80.4 cm³/mol. The van der Waals surface area contributed by atoms with E-state index < -0.39 is 0 Å². The number of hydrogen-bond donors (Lipinski definition) is 1. The third-order valence-corrected chi connectivity index (χ3v) is 4.70. The lowest BCUT2D eigenvalue weighted by atomic mass is 9.95. The normalized spacial score (nSPS) is 12.7. The highest BCUT2D eigenvalue weighted by Crippen LogP contribution is 2.19. The van der Waals surface area contributed by atoms with Crippen LogP contribution in [0.2, 0.25) is 0 Å². The van der Waals surface area contributed by atoms with Gasteiger partial charge in [-0.2, -0.15) is 0 Å². The van der Waals surface area contributed by atoms with Crippen molar-refractivity contribution >= 4 is 17.3 Å². The fourth-order valence-corrected chi connectivity index (χ4v) is 3.21. The minimum Gasteiger partial charge on any atom is -0.469 e. The monoisotopic (exact) mass is 283 g/mol. The molecule has 1 heterocycles. The van der Waals surface area contributed by atoms with Crippen molar-refractivity contribution in [1.82, 2.24) is 5.32 Å². The topological polar surface area (TPSA) is 38.3 Å². The molecule has 19 heavy (non-hydrogen) atoms. The lowest BCUT2D eigenvalue weighted by Gasteiger charge is -2.22. The number of rotatable bonds is 8. The highest BCUT2D eigenvalue weighted by atomic mass is 32.1. The average molecular weight is 283 g/mol. The van der Waals surface area contributed by atoms with Crippen molar-refractivity contribution < 1.29 is 9.53 Å². The van der Waals surface area contributed by atoms with Gasteiger partial charge in [0.25, 0.3) is 0 Å². The second-order valence-corrected chi connectivity index (χ2v) is 6.12. The molecule has 0 saturated carbocycles. The molecule has 0 spiro atoms. The first-order valence-corrected chi connectivity index (χ1v) is 7.80. The third kappa shape index (κ3) is 5.33. The van der Waals surface area contributed by atoms with Crippen molar-refractivity contribution in [1.29, 1.82) is 0 Å². The van der Waals surface area contributed by atoms with E-state index in [-0.39, 0.29) is 5.97 Å². The van der Waals surface area contributed by atoms with E-state index in [1.807, 2.05) is 6.07 Å². The number of nitrogens with one attached hydrogen (secondary N) is 1. The van der Waals surface area contributed by atoms with Crippen molar-refractivity contribution in [2.45, 2.75) is 52.6 Å². The van der Waals surface area contributed by atoms with Crippen LogP contribution in [0.25, 0.3) is 0 Å². The Morgan fingerprint density at radius 3 is 2.53 bits per heavy atom. The summed E-state index contributed by atoms with van der Waals surface area (Å²) in [7, 11) is 1.43. The molecule has 1 aromatic rings. The molecule has 0 fully saturated rings. The first-order valence-electron chi connectivity index (χ1n) is 6.98. The summed E-state index contributed by atoms with van der Waals surface area (Å²) in [6, 6.07) is 4.64. The van der Waals surface area contributed by atoms with Gasteiger partial charge in [-0.05, 0) is 25.0 Å². The van der Waals surface area contributed by atoms with Gasteiger partial charge in [0.2, 0.25) is 0 Å². The first-order chi connectivity index (χ1) is 9.10. The summed E-state index contributed by atoms with van der Waals surface area (Å²) >= 11 is 1.68. The van der Waals surface area contributed by atoms with Crippen molar-refractivity contribution in [3.05, 3.63) is 21.9 Å². The van der Waals surface area contributed by atoms with Crippen LogP contribution in [0.15, 0.2) is 12.1 Å². The van der Waals surface area contributed by atoms with E-state index >= 15 is 0 Å². The summed E-state index contributed by atoms with van der Waals surface area (Å²) in [5.41, 5.74) is 0. The Morgan fingerprint density at radius 2 is 1.95 bits per heavy atom. The molecule has 0 aliphatic carbocycles. The Balaban J connectivity index is 2.43. The fraction of sp³-hybridized carbons (Fsp3) is 0.667. The summed E-state index contributed by atoms with van der Waals surface area (Å²) in [5.74, 6) is 0.557. The molecule has 0 saturated heterocycles. The molecule has 0 amide bonds. The molecule has 0 aliphatic rings. The van der Waals surface area contributed by atoms with E-state index in [1.54, 1.807) is 11.3 Å². The van der Waals surface area contributed by atoms with Gasteiger partial charge >= 0.3 is 5.97 Å². The molecule has 0 radical (unpaired) electrons. The van der Waals surface area contributed by atoms with Crippen LogP contribution in [0, 0.1) is 5.92 Å². The van der Waals surface area contributed by atoms with Crippen LogP contribution in [-0.2, 0) is 22.5 Å². The van der Waals surface area contributed by atoms with Crippen LogP contribution < -0.4 is 5.32 Å². The standard InChI is InChI=1S/C15H25NO2S/c1-5-12(6-2)11(3)16-10-14-8-7-13(19-14)9-15(17)18-4/h7-8,11-12,16H,5-6,9-10H2,1-4H3. The Kier molecular flexibility index (Phi) is 7.10. The molecular weight excluding hydrogens is 258 g/mol. The lowest BCUT2D eigenvalue weighted by Crippen LogP contribution is -2.32. The lowest BCUT2D eigenvalue weighted by molar-refractivity contribution is -0.139. The maximum absolute atomic E-state index is 11.2. The zero-order valence-electron chi connectivity index (χ0n) is 12.4. The maximum atomic E-state index is 11.2. The SMILES string of the molecule is CCC(CC)C(C)NCc1ccc(CC(=O)OC)s1. The molecule has 0 aromatic carbocycles. The zero-order valence-corrected chi connectivity index (χ0v) is 13.2. The molecule has 1 atom stereocenters. The molecule has 3 nitrogen and oxygen atoms in total. The number of methoxy groups -OCH3 is 1. The van der Waals surface area contributed by atoms with Gasteiger partial charge in [0.1, 0.15) is 0 Å². The summed E-state index contributed by atoms with van der Waals surface area (Å²) < 4.78 is 4.67. The zero-order chi connectivity index (χ0) is 14.3. The average Bonchev–Trinajstić information content (AvgIpc) is 2.85. The highest BCUT2D eigenvalue weighted by Gasteiger charge is 2.13. The van der Waals surface area contributed by atoms with Crippen molar-refractivity contribution in [2.24, 2.45) is 5.92 Å². The molecular formula is C15H25NO2S. The van der Waals surface area contributed by atoms with Crippen LogP contribution in [0.4, 0.5) is 0 Å². The van der Waals surface area contributed by atoms with Crippen molar-refractivity contribution in [2.75, 3.05) is 7.11 Å². The second-order valence-electron chi connectivity index (χ2n) is 4.87. The van der Waals surface area contributed by atoms with Gasteiger partial charge in [-0.3, -0.25) is 4.79 Å². The number of ether oxygens (including phenoxy) is 1. The highest BCUT2D eigenvalue weighted by molar-refractivity contribution is 7.12. The smallest absolute Gasteiger partial charge is 0.310 e. The molecule has 0 aliphatic heterocycles. The third-order valence-electron chi connectivity index (χ3n) is 3.62. The van der Waals surface area contributed by atoms with Crippen molar-refractivity contribution in [3.63, 3.8) is 0 Å². The molecule has 1 N–H and O–H groups in total. The Bertz CT molecular complexity index is 385. The van der Waals surface area contributed by atoms with Gasteiger partial charge in [-0.1, -0.05) is 26.7 Å². The van der Waals surface area contributed by atoms with Crippen LogP contribution in [0.5, 0.6) is 0 Å². The van der Waals surface area contributed by atoms with Crippen LogP contribution in [-0.4, -0.2) is 19.1 Å². The molecule has 1 rings (SSSR count). The van der Waals surface area contributed by atoms with Gasteiger partial charge < -0.3 is 10.1 Å². The molecule has 108 valence electrons. The van der Waals surface area contributed by atoms with Gasteiger partial charge in [0.05, 0.1) is 13.5 Å². The number of carbonyl (C=O) groups excluding carboxylic acids is 1. The van der Waals surface area contributed by atoms with Crippen LogP contribution >= 0.6 is 11.3 Å². The van der Waals surface area contributed by atoms with E-state index in [0.717, 1.165) is 17.3 Å². The minimum atomic E-state index is -0.174. The van der Waals surface area contributed by atoms with Crippen LogP contribution in [0.3, 0.4) is 0 Å². The number of hydrogen-bond acceptors (Lipinski definition) is 4. The Morgan fingerprint density at radius 1 is 1.32 bits per heavy atom. The van der Waals surface area contributed by atoms with E-state index in [1.165, 1.54) is 24.8 Å². The fourth-order valence-electron chi connectivity index (χ4n) is 2.25. The quantitative estimate of drug-likeness (QED) is 0.743. The summed E-state index contributed by atoms with van der Waals surface area (Å²) in [5, 5.41) is 3.58. The van der Waals surface area contributed by atoms with Crippen molar-refractivity contribution in [3.8, 4) is 0 Å². The minimum absolute atomic E-state index is 0.174. The number of esters is 1. The molecule has 4 heteroatoms.